The van der Waals surface area contributed by atoms with Gasteiger partial charge in [0, 0.05) is 5.56 Å². The maximum absolute atomic E-state index is 15.1. The molecule has 1 fully saturated rings. The summed E-state index contributed by atoms with van der Waals surface area (Å²) in [5.41, 5.74) is 2.67. The van der Waals surface area contributed by atoms with Gasteiger partial charge in [0.25, 0.3) is 0 Å². The van der Waals surface area contributed by atoms with Crippen LogP contribution in [0.1, 0.15) is 54.4 Å². The van der Waals surface area contributed by atoms with Crippen molar-refractivity contribution in [2.45, 2.75) is 51.3 Å². The highest BCUT2D eigenvalue weighted by molar-refractivity contribution is 5.48. The molecule has 0 bridgehead atoms. The number of allylic oxidation sites excluding steroid dienone is 1. The van der Waals surface area contributed by atoms with Crippen LogP contribution >= 0.6 is 0 Å². The minimum atomic E-state index is -4.73. The van der Waals surface area contributed by atoms with Crippen LogP contribution in [0, 0.1) is 35.4 Å². The number of hydrogen-bond acceptors (Lipinski definition) is 1. The lowest BCUT2D eigenvalue weighted by Crippen LogP contribution is -2.26. The Balaban J connectivity index is 1.44. The Hall–Kier alpha value is -2.74. The molecule has 1 nitrogen and oxygen atoms in total. The molecule has 4 rings (SSSR count). The van der Waals surface area contributed by atoms with Crippen LogP contribution in [-0.2, 0) is 12.8 Å². The molecule has 1 atom stereocenters. The number of fused-ring (bicyclic) bond motifs is 1. The first-order valence-electron chi connectivity index (χ1n) is 11.1. The van der Waals surface area contributed by atoms with Gasteiger partial charge in [0.15, 0.2) is 0 Å². The van der Waals surface area contributed by atoms with Crippen LogP contribution in [0.15, 0.2) is 49.1 Å². The zero-order valence-corrected chi connectivity index (χ0v) is 17.9. The predicted molar refractivity (Wildman–Crippen MR) is 117 cm³/mol. The summed E-state index contributed by atoms with van der Waals surface area (Å²) >= 11 is 0. The summed E-state index contributed by atoms with van der Waals surface area (Å²) < 4.78 is 55.7. The fourth-order valence-corrected chi connectivity index (χ4v) is 5.07. The molecule has 0 heterocycles. The van der Waals surface area contributed by atoms with E-state index in [9.17, 15) is 13.2 Å². The van der Waals surface area contributed by atoms with Crippen molar-refractivity contribution < 1.29 is 22.3 Å². The van der Waals surface area contributed by atoms with E-state index in [1.54, 1.807) is 6.07 Å². The summed E-state index contributed by atoms with van der Waals surface area (Å²) in [7, 11) is 0. The Morgan fingerprint density at radius 2 is 1.62 bits per heavy atom. The van der Waals surface area contributed by atoms with Crippen LogP contribution in [-0.4, -0.2) is 6.36 Å². The number of ether oxygens (including phenoxy) is 1. The molecule has 168 valence electrons. The number of alkyl halides is 3. The maximum Gasteiger partial charge on any atom is 0.573 e. The third kappa shape index (κ3) is 5.35. The van der Waals surface area contributed by atoms with Gasteiger partial charge in [0.2, 0.25) is 0 Å². The quantitative estimate of drug-likeness (QED) is 0.277. The molecule has 2 aliphatic carbocycles. The molecular weight excluding hydrogens is 416 g/mol. The first-order chi connectivity index (χ1) is 15.3. The molecule has 0 N–H and O–H groups in total. The lowest BCUT2D eigenvalue weighted by molar-refractivity contribution is -0.274. The van der Waals surface area contributed by atoms with E-state index in [1.165, 1.54) is 49.9 Å². The Morgan fingerprint density at radius 3 is 2.28 bits per heavy atom. The molecule has 2 aromatic rings. The van der Waals surface area contributed by atoms with Crippen LogP contribution in [0.25, 0.3) is 0 Å². The van der Waals surface area contributed by atoms with E-state index in [2.05, 4.69) is 29.2 Å². The van der Waals surface area contributed by atoms with Crippen LogP contribution in [0.5, 0.6) is 5.75 Å². The van der Waals surface area contributed by atoms with Gasteiger partial charge in [0.05, 0.1) is 5.56 Å². The minimum Gasteiger partial charge on any atom is -0.406 e. The highest BCUT2D eigenvalue weighted by atomic mass is 19.4. The van der Waals surface area contributed by atoms with Gasteiger partial charge in [-0.2, -0.15) is 0 Å². The van der Waals surface area contributed by atoms with Gasteiger partial charge in [-0.1, -0.05) is 24.0 Å². The normalized spacial score (nSPS) is 22.9. The first kappa shape index (κ1) is 22.5. The molecule has 2 aromatic carbocycles. The van der Waals surface area contributed by atoms with Gasteiger partial charge in [-0.3, -0.25) is 0 Å². The van der Waals surface area contributed by atoms with Crippen molar-refractivity contribution in [1.82, 2.24) is 0 Å². The zero-order chi connectivity index (χ0) is 22.7. The summed E-state index contributed by atoms with van der Waals surface area (Å²) in [6, 6.07) is 8.96. The summed E-state index contributed by atoms with van der Waals surface area (Å²) in [4.78, 5) is 0. The van der Waals surface area contributed by atoms with E-state index < -0.39 is 6.36 Å². The largest absolute Gasteiger partial charge is 0.573 e. The van der Waals surface area contributed by atoms with Crippen molar-refractivity contribution in [3.63, 3.8) is 0 Å². The lowest BCUT2D eigenvalue weighted by atomic mass is 9.69. The topological polar surface area (TPSA) is 9.23 Å². The Bertz CT molecular complexity index is 1020. The minimum absolute atomic E-state index is 0.263. The standard InChI is InChI=1S/C27H26F4O/c1-2-18-3-8-20(9-4-18)22-13-16-25-23(17-22)12-11-21(26(25)28)10-5-19-6-14-24(15-7-19)32-27(29,30)31/h2,6-7,11-12,14-15,18,20,22H,1,3-4,8-9,13,16-17H2. The van der Waals surface area contributed by atoms with Crippen molar-refractivity contribution in [2.24, 2.45) is 17.8 Å². The van der Waals surface area contributed by atoms with E-state index >= 15 is 4.39 Å². The summed E-state index contributed by atoms with van der Waals surface area (Å²) in [5.74, 6) is 7.07. The molecule has 1 saturated carbocycles. The Labute approximate surface area is 186 Å². The molecule has 0 aliphatic heterocycles. The van der Waals surface area contributed by atoms with E-state index in [-0.39, 0.29) is 11.6 Å². The Morgan fingerprint density at radius 1 is 0.906 bits per heavy atom. The molecule has 0 saturated heterocycles. The summed E-state index contributed by atoms with van der Waals surface area (Å²) in [6.07, 6.45) is 4.89. The molecule has 5 heteroatoms. The molecule has 0 amide bonds. The SMILES string of the molecule is C=CC1CCC(C2CCc3c(ccc(C#Cc4ccc(OC(F)(F)F)cc4)c3F)C2)CC1. The van der Waals surface area contributed by atoms with Crippen molar-refractivity contribution in [1.29, 1.82) is 0 Å². The van der Waals surface area contributed by atoms with E-state index in [4.69, 9.17) is 0 Å². The summed E-state index contributed by atoms with van der Waals surface area (Å²) in [5, 5.41) is 0. The van der Waals surface area contributed by atoms with Crippen molar-refractivity contribution in [3.8, 4) is 17.6 Å². The monoisotopic (exact) mass is 442 g/mol. The van der Waals surface area contributed by atoms with E-state index in [0.29, 0.717) is 28.9 Å². The molecule has 1 unspecified atom stereocenters. The second-order valence-electron chi connectivity index (χ2n) is 8.80. The third-order valence-electron chi connectivity index (χ3n) is 6.83. The average Bonchev–Trinajstić information content (AvgIpc) is 2.78. The van der Waals surface area contributed by atoms with Crippen LogP contribution in [0.4, 0.5) is 17.6 Å². The third-order valence-corrected chi connectivity index (χ3v) is 6.83. The number of benzene rings is 2. The van der Waals surface area contributed by atoms with Crippen molar-refractivity contribution >= 4 is 0 Å². The summed E-state index contributed by atoms with van der Waals surface area (Å²) in [6.45, 7) is 3.92. The fraction of sp³-hybridized carbons (Fsp3) is 0.407. The molecule has 2 aliphatic rings. The smallest absolute Gasteiger partial charge is 0.406 e. The van der Waals surface area contributed by atoms with Gasteiger partial charge in [-0.15, -0.1) is 19.8 Å². The second-order valence-corrected chi connectivity index (χ2v) is 8.80. The predicted octanol–water partition coefficient (Wildman–Crippen LogP) is 7.22. The zero-order valence-electron chi connectivity index (χ0n) is 17.9. The highest BCUT2D eigenvalue weighted by Gasteiger charge is 2.31. The number of halogens is 4. The maximum atomic E-state index is 15.1. The molecule has 0 spiro atoms. The van der Waals surface area contributed by atoms with Gasteiger partial charge in [-0.05, 0) is 104 Å². The average molecular weight is 442 g/mol. The Kier molecular flexibility index (Phi) is 6.60. The molecule has 32 heavy (non-hydrogen) atoms. The molecule has 0 radical (unpaired) electrons. The first-order valence-corrected chi connectivity index (χ1v) is 11.1. The van der Waals surface area contributed by atoms with E-state index in [1.807, 2.05) is 6.07 Å². The van der Waals surface area contributed by atoms with Gasteiger partial charge < -0.3 is 4.74 Å². The fourth-order valence-electron chi connectivity index (χ4n) is 5.07. The second kappa shape index (κ2) is 9.40. The van der Waals surface area contributed by atoms with Crippen molar-refractivity contribution in [2.75, 3.05) is 0 Å². The highest BCUT2D eigenvalue weighted by Crippen LogP contribution is 2.40. The van der Waals surface area contributed by atoms with Crippen LogP contribution < -0.4 is 4.74 Å². The van der Waals surface area contributed by atoms with E-state index in [0.717, 1.165) is 30.4 Å². The number of rotatable bonds is 3. The van der Waals surface area contributed by atoms with Crippen molar-refractivity contribution in [3.05, 3.63) is 77.1 Å². The lowest BCUT2D eigenvalue weighted by Gasteiger charge is -2.36. The van der Waals surface area contributed by atoms with Crippen LogP contribution in [0.3, 0.4) is 0 Å². The molecule has 0 aromatic heterocycles. The number of hydrogen-bond donors (Lipinski definition) is 0. The molecular formula is C27H26F4O. The van der Waals surface area contributed by atoms with Crippen LogP contribution in [0.2, 0.25) is 0 Å². The van der Waals surface area contributed by atoms with Gasteiger partial charge in [0.1, 0.15) is 11.6 Å². The van der Waals surface area contributed by atoms with Gasteiger partial charge in [-0.25, -0.2) is 4.39 Å². The van der Waals surface area contributed by atoms with Gasteiger partial charge >= 0.3 is 6.36 Å².